The van der Waals surface area contributed by atoms with Crippen molar-refractivity contribution in [2.75, 3.05) is 14.2 Å². The van der Waals surface area contributed by atoms with Crippen LogP contribution >= 0.6 is 23.1 Å². The Morgan fingerprint density at radius 2 is 1.80 bits per heavy atom. The number of aromatic amines is 1. The molecule has 0 spiro atoms. The molecule has 2 amide bonds. The summed E-state index contributed by atoms with van der Waals surface area (Å²) in [5.74, 6) is -2.01. The molecule has 1 aromatic carbocycles. The highest BCUT2D eigenvalue weighted by molar-refractivity contribution is 8.00. The number of carboxylic acid groups (broad SMARTS) is 1. The van der Waals surface area contributed by atoms with E-state index in [0.717, 1.165) is 26.8 Å². The zero-order valence-corrected chi connectivity index (χ0v) is 20.9. The minimum absolute atomic E-state index is 0.0279. The van der Waals surface area contributed by atoms with Crippen LogP contribution in [0.5, 0.6) is 11.5 Å². The van der Waals surface area contributed by atoms with Crippen LogP contribution < -0.4 is 14.3 Å². The first-order valence-corrected chi connectivity index (χ1v) is 13.2. The number of rotatable bonds is 5. The molecule has 2 aliphatic heterocycles. The number of aromatic nitrogens is 1. The van der Waals surface area contributed by atoms with Crippen LogP contribution in [0.15, 0.2) is 28.0 Å². The molecule has 35 heavy (non-hydrogen) atoms. The number of fused-ring (bicyclic) bond motifs is 9. The topological polar surface area (TPSA) is 126 Å². The summed E-state index contributed by atoms with van der Waals surface area (Å²) in [4.78, 5) is 55.5. The number of H-pyrrole nitrogens is 1. The Labute approximate surface area is 208 Å². The molecule has 11 heteroatoms. The number of carbonyl (C=O) groups excluding carboxylic acids is 2. The summed E-state index contributed by atoms with van der Waals surface area (Å²) in [6, 6.07) is 4.55. The number of hydrogen-bond acceptors (Lipinski definition) is 8. The lowest BCUT2D eigenvalue weighted by atomic mass is 9.68. The number of hydrogen-bond donors (Lipinski definition) is 2. The van der Waals surface area contributed by atoms with Gasteiger partial charge in [-0.25, -0.2) is 4.79 Å². The summed E-state index contributed by atoms with van der Waals surface area (Å²) in [5.41, 5.74) is 0.964. The van der Waals surface area contributed by atoms with Gasteiger partial charge in [-0.15, -0.1) is 11.8 Å². The number of methoxy groups -OCH3 is 2. The first-order valence-electron chi connectivity index (χ1n) is 11.5. The highest BCUT2D eigenvalue weighted by Gasteiger charge is 2.70. The van der Waals surface area contributed by atoms with E-state index in [-0.39, 0.29) is 45.6 Å². The summed E-state index contributed by atoms with van der Waals surface area (Å²) in [7, 11) is 3.15. The molecule has 2 aliphatic carbocycles. The summed E-state index contributed by atoms with van der Waals surface area (Å²) < 4.78 is 10.9. The number of nitrogens with one attached hydrogen (secondary N) is 1. The van der Waals surface area contributed by atoms with Crippen LogP contribution in [0.1, 0.15) is 29.7 Å². The van der Waals surface area contributed by atoms with Crippen LogP contribution in [0, 0.1) is 29.6 Å². The number of carboxylic acids is 1. The van der Waals surface area contributed by atoms with E-state index < -0.39 is 23.8 Å². The number of likely N-dealkylation sites (tertiary alicyclic amines) is 1. The second-order valence-electron chi connectivity index (χ2n) is 9.64. The molecule has 4 aliphatic rings. The van der Waals surface area contributed by atoms with Gasteiger partial charge in [-0.1, -0.05) is 17.4 Å². The van der Waals surface area contributed by atoms with Crippen LogP contribution in [0.25, 0.3) is 0 Å². The summed E-state index contributed by atoms with van der Waals surface area (Å²) in [5, 5.41) is 10.3. The molecule has 184 valence electrons. The smallest absolute Gasteiger partial charge is 0.326 e. The van der Waals surface area contributed by atoms with E-state index in [1.54, 1.807) is 26.0 Å². The van der Waals surface area contributed by atoms with Gasteiger partial charge in [0.25, 0.3) is 0 Å². The van der Waals surface area contributed by atoms with Gasteiger partial charge in [0.15, 0.2) is 11.5 Å². The van der Waals surface area contributed by atoms with Crippen molar-refractivity contribution >= 4 is 40.9 Å². The molecule has 1 saturated heterocycles. The van der Waals surface area contributed by atoms with E-state index in [0.29, 0.717) is 11.5 Å². The van der Waals surface area contributed by atoms with Crippen LogP contribution in [0.4, 0.5) is 0 Å². The van der Waals surface area contributed by atoms with Crippen molar-refractivity contribution in [2.45, 2.75) is 35.6 Å². The standard InChI is InChI=1S/C24H24N2O7S2/c1-8(23(29)30)26-21(27)16-10-7-11(17(16)22(26)28)18-15(10)14(19-20(34-18)25-24(31)35-19)9-4-5-12(32-2)13(6-9)33-3/h4-6,8,10-11,14-18H,7H2,1-3H3,(H,25,31)(H,29,30)/t8-,10-,11+,14+,15-,16+,17+,18-/m1/s1. The molecule has 3 heterocycles. The van der Waals surface area contributed by atoms with Gasteiger partial charge in [0.1, 0.15) is 6.04 Å². The lowest BCUT2D eigenvalue weighted by Gasteiger charge is -2.43. The Morgan fingerprint density at radius 3 is 2.46 bits per heavy atom. The molecule has 1 aromatic heterocycles. The van der Waals surface area contributed by atoms with Crippen LogP contribution in [0.2, 0.25) is 0 Å². The number of ether oxygens (including phenoxy) is 2. The predicted molar refractivity (Wildman–Crippen MR) is 127 cm³/mol. The van der Waals surface area contributed by atoms with Gasteiger partial charge in [-0.05, 0) is 48.8 Å². The molecule has 3 fully saturated rings. The predicted octanol–water partition coefficient (Wildman–Crippen LogP) is 2.40. The number of thioether (sulfide) groups is 1. The van der Waals surface area contributed by atoms with Crippen molar-refractivity contribution in [3.8, 4) is 11.5 Å². The lowest BCUT2D eigenvalue weighted by molar-refractivity contribution is -0.154. The maximum absolute atomic E-state index is 13.4. The molecular weight excluding hydrogens is 492 g/mol. The number of imide groups is 1. The van der Waals surface area contributed by atoms with Gasteiger partial charge in [-0.3, -0.25) is 19.3 Å². The Bertz CT molecular complexity index is 1320. The molecule has 0 radical (unpaired) electrons. The fourth-order valence-electron chi connectivity index (χ4n) is 6.95. The van der Waals surface area contributed by atoms with Gasteiger partial charge >= 0.3 is 10.8 Å². The average molecular weight is 517 g/mol. The fourth-order valence-corrected chi connectivity index (χ4v) is 9.84. The van der Waals surface area contributed by atoms with Crippen LogP contribution in [-0.4, -0.2) is 58.3 Å². The van der Waals surface area contributed by atoms with Crippen molar-refractivity contribution in [3.05, 3.63) is 38.3 Å². The third-order valence-electron chi connectivity index (χ3n) is 8.27. The Morgan fingerprint density at radius 1 is 1.11 bits per heavy atom. The number of thiazole rings is 1. The summed E-state index contributed by atoms with van der Waals surface area (Å²) in [6.07, 6.45) is 0.743. The number of amides is 2. The van der Waals surface area contributed by atoms with Gasteiger partial charge in [-0.2, -0.15) is 0 Å². The molecule has 0 unspecified atom stereocenters. The van der Waals surface area contributed by atoms with Crippen molar-refractivity contribution in [3.63, 3.8) is 0 Å². The minimum atomic E-state index is -1.19. The van der Waals surface area contributed by atoms with E-state index >= 15 is 0 Å². The number of nitrogens with zero attached hydrogens (tertiary/aromatic N) is 1. The van der Waals surface area contributed by atoms with E-state index in [9.17, 15) is 24.3 Å². The Kier molecular flexibility index (Phi) is 5.09. The van der Waals surface area contributed by atoms with Gasteiger partial charge < -0.3 is 19.6 Å². The summed E-state index contributed by atoms with van der Waals surface area (Å²) in [6.45, 7) is 1.39. The third kappa shape index (κ3) is 3.00. The number of benzene rings is 1. The molecule has 6 rings (SSSR count). The maximum atomic E-state index is 13.4. The SMILES string of the molecule is COc1ccc([C@@H]2c3sc(=O)[nH]c3S[C@@H]3[C@H]4C[C@@H]([C@@H]5C(=O)N([C@H](C)C(=O)O)C(=O)[C@@H]45)[C@H]23)cc1OC. The monoisotopic (exact) mass is 516 g/mol. The zero-order chi connectivity index (χ0) is 24.8. The van der Waals surface area contributed by atoms with Crippen molar-refractivity contribution in [2.24, 2.45) is 29.6 Å². The maximum Gasteiger partial charge on any atom is 0.326 e. The largest absolute Gasteiger partial charge is 0.493 e. The van der Waals surface area contributed by atoms with E-state index in [1.807, 2.05) is 18.2 Å². The molecule has 2 bridgehead atoms. The van der Waals surface area contributed by atoms with Crippen molar-refractivity contribution in [1.29, 1.82) is 0 Å². The first-order chi connectivity index (χ1) is 16.8. The van der Waals surface area contributed by atoms with Crippen LogP contribution in [-0.2, 0) is 14.4 Å². The minimum Gasteiger partial charge on any atom is -0.493 e. The summed E-state index contributed by atoms with van der Waals surface area (Å²) >= 11 is 2.78. The first kappa shape index (κ1) is 22.7. The molecule has 2 N–H and O–H groups in total. The van der Waals surface area contributed by atoms with E-state index in [2.05, 4.69) is 4.98 Å². The second-order valence-corrected chi connectivity index (χ2v) is 11.8. The van der Waals surface area contributed by atoms with Crippen LogP contribution in [0.3, 0.4) is 0 Å². The number of carbonyl (C=O) groups is 3. The third-order valence-corrected chi connectivity index (χ3v) is 10.9. The van der Waals surface area contributed by atoms with Crippen molar-refractivity contribution in [1.82, 2.24) is 9.88 Å². The zero-order valence-electron chi connectivity index (χ0n) is 19.2. The highest BCUT2D eigenvalue weighted by Crippen LogP contribution is 2.68. The highest BCUT2D eigenvalue weighted by atomic mass is 32.2. The molecule has 2 aromatic rings. The normalized spacial score (nSPS) is 33.3. The number of aliphatic carboxylic acids is 1. The molecule has 8 atom stereocenters. The Hall–Kier alpha value is -2.79. The average Bonchev–Trinajstić information content (AvgIpc) is 3.56. The van der Waals surface area contributed by atoms with Crippen molar-refractivity contribution < 1.29 is 29.0 Å². The van der Waals surface area contributed by atoms with Gasteiger partial charge in [0.05, 0.1) is 31.1 Å². The molecular formula is C24H24N2O7S2. The lowest BCUT2D eigenvalue weighted by Crippen LogP contribution is -2.44. The molecule has 2 saturated carbocycles. The second kappa shape index (κ2) is 7.86. The quantitative estimate of drug-likeness (QED) is 0.581. The fraction of sp³-hybridized carbons (Fsp3) is 0.500. The van der Waals surface area contributed by atoms with Gasteiger partial charge in [0.2, 0.25) is 11.8 Å². The van der Waals surface area contributed by atoms with E-state index in [1.165, 1.54) is 18.3 Å². The molecule has 9 nitrogen and oxygen atoms in total. The van der Waals surface area contributed by atoms with Gasteiger partial charge in [0, 0.05) is 16.0 Å². The van der Waals surface area contributed by atoms with E-state index in [4.69, 9.17) is 9.47 Å². The Balaban J connectivity index is 1.46.